The topological polar surface area (TPSA) is 59.3 Å². The summed E-state index contributed by atoms with van der Waals surface area (Å²) in [4.78, 5) is 0. The maximum absolute atomic E-state index is 9.94. The Bertz CT molecular complexity index is 400. The molecule has 1 atom stereocenters. The molecular formula is C16H29N3O2. The summed E-state index contributed by atoms with van der Waals surface area (Å²) in [6.45, 7) is 4.17. The van der Waals surface area contributed by atoms with Crippen LogP contribution in [0.4, 0.5) is 0 Å². The highest BCUT2D eigenvalue weighted by Gasteiger charge is 2.19. The largest absolute Gasteiger partial charge is 0.389 e. The monoisotopic (exact) mass is 295 g/mol. The third-order valence-electron chi connectivity index (χ3n) is 4.35. The zero-order chi connectivity index (χ0) is 15.1. The van der Waals surface area contributed by atoms with Crippen LogP contribution >= 0.6 is 0 Å². The number of ether oxygens (including phenoxy) is 1. The summed E-state index contributed by atoms with van der Waals surface area (Å²) in [6.07, 6.45) is 7.45. The van der Waals surface area contributed by atoms with E-state index in [0.29, 0.717) is 19.3 Å². The summed E-state index contributed by atoms with van der Waals surface area (Å²) in [5.41, 5.74) is 1.20. The van der Waals surface area contributed by atoms with E-state index in [4.69, 9.17) is 4.74 Å². The fourth-order valence-corrected chi connectivity index (χ4v) is 2.83. The van der Waals surface area contributed by atoms with Crippen LogP contribution < -0.4 is 5.32 Å². The molecule has 1 aromatic rings. The van der Waals surface area contributed by atoms with Gasteiger partial charge in [-0.2, -0.15) is 5.10 Å². The molecule has 1 aliphatic rings. The molecule has 21 heavy (non-hydrogen) atoms. The molecule has 1 heterocycles. The SMILES string of the molecule is CC1CCC(OCC(O)CNCCc2ccnn2C)CC1. The number of rotatable bonds is 8. The second-order valence-electron chi connectivity index (χ2n) is 6.27. The lowest BCUT2D eigenvalue weighted by atomic mass is 9.89. The maximum Gasteiger partial charge on any atom is 0.0897 e. The molecule has 0 aliphatic heterocycles. The van der Waals surface area contributed by atoms with Gasteiger partial charge in [-0.05, 0) is 37.7 Å². The minimum Gasteiger partial charge on any atom is -0.389 e. The highest BCUT2D eigenvalue weighted by atomic mass is 16.5. The van der Waals surface area contributed by atoms with Gasteiger partial charge in [0.25, 0.3) is 0 Å². The van der Waals surface area contributed by atoms with Crippen LogP contribution in [-0.2, 0) is 18.2 Å². The van der Waals surface area contributed by atoms with Crippen molar-refractivity contribution in [2.75, 3.05) is 19.7 Å². The zero-order valence-corrected chi connectivity index (χ0v) is 13.3. The van der Waals surface area contributed by atoms with Gasteiger partial charge in [0.1, 0.15) is 0 Å². The number of aliphatic hydroxyl groups excluding tert-OH is 1. The standard InChI is InChI=1S/C16H29N3O2/c1-13-3-5-16(6-4-13)21-12-15(20)11-17-9-7-14-8-10-18-19(14)2/h8,10,13,15-17,20H,3-7,9,11-12H2,1-2H3. The Labute approximate surface area is 127 Å². The third-order valence-corrected chi connectivity index (χ3v) is 4.35. The van der Waals surface area contributed by atoms with Crippen LogP contribution in [0.15, 0.2) is 12.3 Å². The van der Waals surface area contributed by atoms with Crippen molar-refractivity contribution in [3.05, 3.63) is 18.0 Å². The van der Waals surface area contributed by atoms with E-state index in [1.165, 1.54) is 18.5 Å². The molecule has 2 rings (SSSR count). The first kappa shape index (κ1) is 16.5. The molecule has 0 spiro atoms. The van der Waals surface area contributed by atoms with Crippen LogP contribution in [0.1, 0.15) is 38.3 Å². The van der Waals surface area contributed by atoms with Gasteiger partial charge in [-0.25, -0.2) is 0 Å². The van der Waals surface area contributed by atoms with Crippen LogP contribution in [0.2, 0.25) is 0 Å². The zero-order valence-electron chi connectivity index (χ0n) is 13.3. The van der Waals surface area contributed by atoms with Crippen molar-refractivity contribution in [1.82, 2.24) is 15.1 Å². The smallest absolute Gasteiger partial charge is 0.0897 e. The molecule has 1 fully saturated rings. The minimum absolute atomic E-state index is 0.352. The Morgan fingerprint density at radius 2 is 2.19 bits per heavy atom. The lowest BCUT2D eigenvalue weighted by molar-refractivity contribution is -0.0277. The molecule has 1 saturated carbocycles. The summed E-state index contributed by atoms with van der Waals surface area (Å²) in [5, 5.41) is 17.3. The third kappa shape index (κ3) is 5.77. The number of hydrogen-bond acceptors (Lipinski definition) is 4. The van der Waals surface area contributed by atoms with E-state index in [2.05, 4.69) is 17.3 Å². The van der Waals surface area contributed by atoms with Crippen LogP contribution in [0.3, 0.4) is 0 Å². The van der Waals surface area contributed by atoms with Crippen molar-refractivity contribution >= 4 is 0 Å². The van der Waals surface area contributed by atoms with Gasteiger partial charge >= 0.3 is 0 Å². The second kappa shape index (κ2) is 8.51. The molecule has 0 bridgehead atoms. The van der Waals surface area contributed by atoms with Crippen molar-refractivity contribution in [2.45, 2.75) is 51.2 Å². The van der Waals surface area contributed by atoms with Gasteiger partial charge in [0.05, 0.1) is 18.8 Å². The first-order chi connectivity index (χ1) is 10.1. The predicted octanol–water partition coefficient (Wildman–Crippen LogP) is 1.51. The quantitative estimate of drug-likeness (QED) is 0.714. The van der Waals surface area contributed by atoms with E-state index in [1.807, 2.05) is 24.0 Å². The number of aromatic nitrogens is 2. The lowest BCUT2D eigenvalue weighted by Gasteiger charge is -2.27. The highest BCUT2D eigenvalue weighted by molar-refractivity contribution is 5.00. The van der Waals surface area contributed by atoms with Crippen LogP contribution in [0.25, 0.3) is 0 Å². The van der Waals surface area contributed by atoms with Crippen molar-refractivity contribution < 1.29 is 9.84 Å². The maximum atomic E-state index is 9.94. The van der Waals surface area contributed by atoms with E-state index in [1.54, 1.807) is 0 Å². The van der Waals surface area contributed by atoms with E-state index in [9.17, 15) is 5.11 Å². The first-order valence-electron chi connectivity index (χ1n) is 8.12. The average molecular weight is 295 g/mol. The summed E-state index contributed by atoms with van der Waals surface area (Å²) < 4.78 is 7.69. The predicted molar refractivity (Wildman–Crippen MR) is 83.2 cm³/mol. The number of nitrogens with zero attached hydrogens (tertiary/aromatic N) is 2. The Hall–Kier alpha value is -0.910. The number of hydrogen-bond donors (Lipinski definition) is 2. The number of aryl methyl sites for hydroxylation is 1. The number of nitrogens with one attached hydrogen (secondary N) is 1. The minimum atomic E-state index is -0.420. The molecule has 0 aromatic carbocycles. The molecule has 0 amide bonds. The van der Waals surface area contributed by atoms with Gasteiger partial charge in [0.2, 0.25) is 0 Å². The van der Waals surface area contributed by atoms with E-state index >= 15 is 0 Å². The summed E-state index contributed by atoms with van der Waals surface area (Å²) in [6, 6.07) is 2.02. The molecule has 120 valence electrons. The summed E-state index contributed by atoms with van der Waals surface area (Å²) in [5.74, 6) is 0.837. The van der Waals surface area contributed by atoms with Crippen LogP contribution in [0, 0.1) is 5.92 Å². The lowest BCUT2D eigenvalue weighted by Crippen LogP contribution is -2.33. The van der Waals surface area contributed by atoms with Crippen molar-refractivity contribution in [2.24, 2.45) is 13.0 Å². The number of aliphatic hydroxyl groups is 1. The van der Waals surface area contributed by atoms with Crippen molar-refractivity contribution in [3.63, 3.8) is 0 Å². The molecule has 5 heteroatoms. The molecule has 1 unspecified atom stereocenters. The van der Waals surface area contributed by atoms with Gasteiger partial charge in [-0.1, -0.05) is 6.92 Å². The Balaban J connectivity index is 1.51. The molecule has 2 N–H and O–H groups in total. The van der Waals surface area contributed by atoms with Gasteiger partial charge in [-0.15, -0.1) is 0 Å². The Morgan fingerprint density at radius 1 is 1.43 bits per heavy atom. The van der Waals surface area contributed by atoms with Crippen molar-refractivity contribution in [3.8, 4) is 0 Å². The molecule has 0 saturated heterocycles. The van der Waals surface area contributed by atoms with Crippen LogP contribution in [-0.4, -0.2) is 46.8 Å². The summed E-state index contributed by atoms with van der Waals surface area (Å²) >= 11 is 0. The Kier molecular flexibility index (Phi) is 6.67. The van der Waals surface area contributed by atoms with E-state index in [0.717, 1.165) is 31.7 Å². The second-order valence-corrected chi connectivity index (χ2v) is 6.27. The summed E-state index contributed by atoms with van der Waals surface area (Å²) in [7, 11) is 1.95. The first-order valence-corrected chi connectivity index (χ1v) is 8.12. The molecule has 5 nitrogen and oxygen atoms in total. The normalized spacial score (nSPS) is 24.1. The average Bonchev–Trinajstić information content (AvgIpc) is 2.88. The Morgan fingerprint density at radius 3 is 2.86 bits per heavy atom. The van der Waals surface area contributed by atoms with Gasteiger partial charge in [-0.3, -0.25) is 4.68 Å². The van der Waals surface area contributed by atoms with Gasteiger partial charge in [0, 0.05) is 38.4 Å². The van der Waals surface area contributed by atoms with Gasteiger partial charge in [0.15, 0.2) is 0 Å². The van der Waals surface area contributed by atoms with E-state index in [-0.39, 0.29) is 0 Å². The fourth-order valence-electron chi connectivity index (χ4n) is 2.83. The molecule has 0 radical (unpaired) electrons. The van der Waals surface area contributed by atoms with Crippen molar-refractivity contribution in [1.29, 1.82) is 0 Å². The van der Waals surface area contributed by atoms with Gasteiger partial charge < -0.3 is 15.2 Å². The van der Waals surface area contributed by atoms with E-state index < -0.39 is 6.10 Å². The molecule has 1 aliphatic carbocycles. The fraction of sp³-hybridized carbons (Fsp3) is 0.812. The van der Waals surface area contributed by atoms with Crippen LogP contribution in [0.5, 0.6) is 0 Å². The highest BCUT2D eigenvalue weighted by Crippen LogP contribution is 2.25. The molecular weight excluding hydrogens is 266 g/mol. The molecule has 1 aromatic heterocycles.